The van der Waals surface area contributed by atoms with Gasteiger partial charge in [0.25, 0.3) is 5.56 Å². The number of nitrogens with zero attached hydrogens (tertiary/aromatic N) is 3. The number of carbonyl (C=O) groups excluding carboxylic acids is 1. The second-order valence-corrected chi connectivity index (χ2v) is 8.06. The minimum absolute atomic E-state index is 0.0727. The average molecular weight is 441 g/mol. The summed E-state index contributed by atoms with van der Waals surface area (Å²) in [5, 5.41) is 8.00. The van der Waals surface area contributed by atoms with Gasteiger partial charge in [0.05, 0.1) is 11.6 Å². The molecule has 1 saturated heterocycles. The molecule has 0 spiro atoms. The summed E-state index contributed by atoms with van der Waals surface area (Å²) in [5.74, 6) is -0.0780. The van der Waals surface area contributed by atoms with Crippen molar-refractivity contribution in [2.45, 2.75) is 19.8 Å². The summed E-state index contributed by atoms with van der Waals surface area (Å²) >= 11 is 6.16. The fraction of sp³-hybridized carbons (Fsp3) is 0.261. The number of anilines is 2. The highest BCUT2D eigenvalue weighted by Gasteiger charge is 2.27. The molecule has 1 N–H and O–H groups in total. The predicted molar refractivity (Wildman–Crippen MR) is 120 cm³/mol. The first-order chi connectivity index (χ1) is 14.9. The molecule has 0 aliphatic carbocycles. The molecule has 3 aromatic rings. The first-order valence-electron chi connectivity index (χ1n) is 10.1. The molecule has 1 aliphatic rings. The number of carbonyl (C=O) groups is 1. The molecular weight excluding hydrogens is 419 g/mol. The largest absolute Gasteiger partial charge is 0.354 e. The van der Waals surface area contributed by atoms with Gasteiger partial charge in [-0.2, -0.15) is 4.68 Å². The lowest BCUT2D eigenvalue weighted by Gasteiger charge is -2.33. The summed E-state index contributed by atoms with van der Waals surface area (Å²) in [6.07, 6.45) is 1.59. The van der Waals surface area contributed by atoms with Crippen LogP contribution in [-0.4, -0.2) is 28.8 Å². The van der Waals surface area contributed by atoms with Crippen molar-refractivity contribution >= 4 is 29.0 Å². The third kappa shape index (κ3) is 4.77. The Kier molecular flexibility index (Phi) is 6.04. The maximum atomic E-state index is 13.2. The Morgan fingerprint density at radius 3 is 2.68 bits per heavy atom. The first-order valence-corrected chi connectivity index (χ1v) is 10.5. The molecular formula is C23H22ClFN4O2. The number of aryl methyl sites for hydroxylation is 1. The van der Waals surface area contributed by atoms with Crippen molar-refractivity contribution in [2.24, 2.45) is 5.92 Å². The normalized spacial score (nSPS) is 16.2. The predicted octanol–water partition coefficient (Wildman–Crippen LogP) is 4.19. The number of halogens is 2. The van der Waals surface area contributed by atoms with Gasteiger partial charge in [0.15, 0.2) is 0 Å². The maximum absolute atomic E-state index is 13.2. The number of piperidine rings is 1. The van der Waals surface area contributed by atoms with Gasteiger partial charge in [-0.15, -0.1) is 5.10 Å². The zero-order valence-electron chi connectivity index (χ0n) is 17.0. The van der Waals surface area contributed by atoms with E-state index in [1.165, 1.54) is 35.0 Å². The van der Waals surface area contributed by atoms with Crippen molar-refractivity contribution in [3.63, 3.8) is 0 Å². The summed E-state index contributed by atoms with van der Waals surface area (Å²) in [4.78, 5) is 27.1. The Hall–Kier alpha value is -3.19. The molecule has 1 fully saturated rings. The molecule has 0 radical (unpaired) electrons. The van der Waals surface area contributed by atoms with Crippen molar-refractivity contribution in [3.05, 3.63) is 81.4 Å². The molecule has 4 rings (SSSR count). The van der Waals surface area contributed by atoms with Crippen LogP contribution in [0.2, 0.25) is 5.02 Å². The van der Waals surface area contributed by atoms with E-state index in [9.17, 15) is 14.0 Å². The van der Waals surface area contributed by atoms with Crippen LogP contribution in [0.5, 0.6) is 0 Å². The smallest absolute Gasteiger partial charge is 0.271 e. The number of rotatable bonds is 4. The van der Waals surface area contributed by atoms with E-state index in [4.69, 9.17) is 11.6 Å². The van der Waals surface area contributed by atoms with Crippen molar-refractivity contribution < 1.29 is 9.18 Å². The quantitative estimate of drug-likeness (QED) is 0.660. The molecule has 0 bridgehead atoms. The van der Waals surface area contributed by atoms with Crippen LogP contribution in [0.3, 0.4) is 0 Å². The second kappa shape index (κ2) is 8.89. The van der Waals surface area contributed by atoms with E-state index in [0.29, 0.717) is 28.8 Å². The van der Waals surface area contributed by atoms with Crippen molar-refractivity contribution in [3.8, 4) is 5.69 Å². The summed E-state index contributed by atoms with van der Waals surface area (Å²) in [6.45, 7) is 3.13. The fourth-order valence-corrected chi connectivity index (χ4v) is 3.83. The molecule has 1 atom stereocenters. The zero-order chi connectivity index (χ0) is 22.0. The molecule has 1 unspecified atom stereocenters. The SMILES string of the molecule is Cc1ccc(NC(=O)C2CCCN(c3ccc(=O)n(-c4ccc(F)cc4)n3)C2)cc1Cl. The van der Waals surface area contributed by atoms with E-state index in [2.05, 4.69) is 10.4 Å². The van der Waals surface area contributed by atoms with Crippen LogP contribution in [0.1, 0.15) is 18.4 Å². The third-order valence-electron chi connectivity index (χ3n) is 5.41. The van der Waals surface area contributed by atoms with Crippen LogP contribution < -0.4 is 15.8 Å². The number of amides is 1. The van der Waals surface area contributed by atoms with Crippen LogP contribution in [-0.2, 0) is 4.79 Å². The minimum atomic E-state index is -0.382. The van der Waals surface area contributed by atoms with E-state index in [0.717, 1.165) is 24.9 Å². The third-order valence-corrected chi connectivity index (χ3v) is 5.82. The lowest BCUT2D eigenvalue weighted by molar-refractivity contribution is -0.120. The van der Waals surface area contributed by atoms with Gasteiger partial charge < -0.3 is 10.2 Å². The topological polar surface area (TPSA) is 67.2 Å². The molecule has 6 nitrogen and oxygen atoms in total. The summed E-state index contributed by atoms with van der Waals surface area (Å²) in [6, 6.07) is 14.1. The highest BCUT2D eigenvalue weighted by Crippen LogP contribution is 2.24. The Labute approximate surface area is 184 Å². The summed E-state index contributed by atoms with van der Waals surface area (Å²) in [7, 11) is 0. The highest BCUT2D eigenvalue weighted by molar-refractivity contribution is 6.31. The van der Waals surface area contributed by atoms with Gasteiger partial charge >= 0.3 is 0 Å². The van der Waals surface area contributed by atoms with Gasteiger partial charge in [-0.25, -0.2) is 4.39 Å². The summed E-state index contributed by atoms with van der Waals surface area (Å²) < 4.78 is 14.5. The van der Waals surface area contributed by atoms with Crippen LogP contribution >= 0.6 is 11.6 Å². The minimum Gasteiger partial charge on any atom is -0.354 e. The van der Waals surface area contributed by atoms with Crippen molar-refractivity contribution in [1.29, 1.82) is 0 Å². The number of benzene rings is 2. The van der Waals surface area contributed by atoms with E-state index < -0.39 is 0 Å². The van der Waals surface area contributed by atoms with E-state index in [1.807, 2.05) is 24.0 Å². The Balaban J connectivity index is 1.51. The van der Waals surface area contributed by atoms with E-state index in [-0.39, 0.29) is 23.2 Å². The van der Waals surface area contributed by atoms with E-state index in [1.54, 1.807) is 12.1 Å². The van der Waals surface area contributed by atoms with Gasteiger partial charge in [-0.3, -0.25) is 9.59 Å². The molecule has 2 heterocycles. The van der Waals surface area contributed by atoms with Gasteiger partial charge in [-0.05, 0) is 67.8 Å². The van der Waals surface area contributed by atoms with Crippen LogP contribution in [0.25, 0.3) is 5.69 Å². The zero-order valence-corrected chi connectivity index (χ0v) is 17.8. The van der Waals surface area contributed by atoms with Crippen LogP contribution in [0, 0.1) is 18.7 Å². The molecule has 1 amide bonds. The Morgan fingerprint density at radius 2 is 1.94 bits per heavy atom. The molecule has 31 heavy (non-hydrogen) atoms. The monoisotopic (exact) mass is 440 g/mol. The standard InChI is InChI=1S/C23H22ClFN4O2/c1-15-4-7-18(13-20(15)24)26-23(31)16-3-2-12-28(14-16)21-10-11-22(30)29(27-21)19-8-5-17(25)6-9-19/h4-11,13,16H,2-3,12,14H2,1H3,(H,26,31). The molecule has 160 valence electrons. The van der Waals surface area contributed by atoms with Crippen molar-refractivity contribution in [2.75, 3.05) is 23.3 Å². The Bertz CT molecular complexity index is 1160. The van der Waals surface area contributed by atoms with Crippen molar-refractivity contribution in [1.82, 2.24) is 9.78 Å². The lowest BCUT2D eigenvalue weighted by atomic mass is 9.97. The van der Waals surface area contributed by atoms with E-state index >= 15 is 0 Å². The lowest BCUT2D eigenvalue weighted by Crippen LogP contribution is -2.41. The van der Waals surface area contributed by atoms with Gasteiger partial charge in [0.1, 0.15) is 11.6 Å². The molecule has 1 aliphatic heterocycles. The molecule has 8 heteroatoms. The molecule has 0 saturated carbocycles. The number of nitrogens with one attached hydrogen (secondary N) is 1. The van der Waals surface area contributed by atoms with Gasteiger partial charge in [0, 0.05) is 29.9 Å². The average Bonchev–Trinajstić information content (AvgIpc) is 2.77. The van der Waals surface area contributed by atoms with Gasteiger partial charge in [-0.1, -0.05) is 17.7 Å². The fourth-order valence-electron chi connectivity index (χ4n) is 3.65. The molecule has 1 aromatic heterocycles. The Morgan fingerprint density at radius 1 is 1.16 bits per heavy atom. The number of hydrogen-bond acceptors (Lipinski definition) is 4. The van der Waals surface area contributed by atoms with Crippen LogP contribution in [0.15, 0.2) is 59.4 Å². The number of hydrogen-bond donors (Lipinski definition) is 1. The highest BCUT2D eigenvalue weighted by atomic mass is 35.5. The first kappa shape index (κ1) is 21.1. The number of aromatic nitrogens is 2. The van der Waals surface area contributed by atoms with Gasteiger partial charge in [0.2, 0.25) is 5.91 Å². The second-order valence-electron chi connectivity index (χ2n) is 7.66. The van der Waals surface area contributed by atoms with Crippen LogP contribution in [0.4, 0.5) is 15.9 Å². The molecule has 2 aromatic carbocycles. The summed E-state index contributed by atoms with van der Waals surface area (Å²) in [5.41, 5.74) is 1.79. The maximum Gasteiger partial charge on any atom is 0.271 e.